The van der Waals surface area contributed by atoms with Crippen LogP contribution in [0.4, 0.5) is 17.6 Å². The summed E-state index contributed by atoms with van der Waals surface area (Å²) in [4.78, 5) is 12.8. The molecule has 182 valence electrons. The number of halogens is 4. The van der Waals surface area contributed by atoms with Crippen LogP contribution in [0.3, 0.4) is 0 Å². The Morgan fingerprint density at radius 2 is 1.85 bits per heavy atom. The Kier molecular flexibility index (Phi) is 6.54. The molecule has 0 saturated carbocycles. The van der Waals surface area contributed by atoms with Crippen molar-refractivity contribution < 1.29 is 26.0 Å². The molecule has 2 aromatic carbocycles. The van der Waals surface area contributed by atoms with Gasteiger partial charge in [-0.25, -0.2) is 12.8 Å². The molecule has 1 fully saturated rings. The maximum absolute atomic E-state index is 15.3. The number of sulfonamides is 1. The Morgan fingerprint density at radius 1 is 1.12 bits per heavy atom. The Bertz CT molecular complexity index is 1390. The number of benzene rings is 2. The molecule has 0 bridgehead atoms. The second kappa shape index (κ2) is 9.12. The zero-order valence-corrected chi connectivity index (χ0v) is 19.1. The minimum Gasteiger partial charge on any atom is -0.315 e. The van der Waals surface area contributed by atoms with Crippen LogP contribution >= 0.6 is 0 Å². The summed E-state index contributed by atoms with van der Waals surface area (Å²) in [6, 6.07) is 8.21. The van der Waals surface area contributed by atoms with Gasteiger partial charge in [0.05, 0.1) is 22.4 Å². The van der Waals surface area contributed by atoms with Gasteiger partial charge in [-0.1, -0.05) is 24.3 Å². The van der Waals surface area contributed by atoms with Crippen LogP contribution < -0.4 is 10.9 Å². The highest BCUT2D eigenvalue weighted by atomic mass is 32.2. The minimum atomic E-state index is -4.64. The van der Waals surface area contributed by atoms with Crippen molar-refractivity contribution in [3.8, 4) is 0 Å². The summed E-state index contributed by atoms with van der Waals surface area (Å²) in [5.41, 5.74) is -1.91. The first kappa shape index (κ1) is 24.4. The monoisotopic (exact) mass is 497 g/mol. The first-order chi connectivity index (χ1) is 16.0. The fourth-order valence-electron chi connectivity index (χ4n) is 4.30. The molecule has 2 heterocycles. The molecular formula is C23H23F4N3O3S. The summed E-state index contributed by atoms with van der Waals surface area (Å²) in [5, 5.41) is 2.56. The van der Waals surface area contributed by atoms with Crippen molar-refractivity contribution in [1.82, 2.24) is 14.2 Å². The second-order valence-electron chi connectivity index (χ2n) is 8.27. The number of hydrogen-bond donors (Lipinski definition) is 1. The van der Waals surface area contributed by atoms with Gasteiger partial charge in [0.2, 0.25) is 10.0 Å². The standard InChI is InChI=1S/C23H23F4N3O3S/c1-15-12-28-10-5-11-30(15)34(32,33)20-9-4-7-17-21(20)19(24)14-29(22(17)31)13-16-6-2-3-8-18(16)23(25,26)27/h2-4,6-9,14-15,28H,5,10-13H2,1H3/t15-/m1/s1. The average molecular weight is 498 g/mol. The van der Waals surface area contributed by atoms with Gasteiger partial charge in [0.25, 0.3) is 5.56 Å². The number of pyridine rings is 1. The molecule has 0 amide bonds. The van der Waals surface area contributed by atoms with Gasteiger partial charge in [0.15, 0.2) is 0 Å². The lowest BCUT2D eigenvalue weighted by molar-refractivity contribution is -0.138. The summed E-state index contributed by atoms with van der Waals surface area (Å²) in [5.74, 6) is -1.00. The van der Waals surface area contributed by atoms with E-state index >= 15 is 4.39 Å². The lowest BCUT2D eigenvalue weighted by Gasteiger charge is -2.26. The van der Waals surface area contributed by atoms with E-state index in [0.717, 1.165) is 16.8 Å². The largest absolute Gasteiger partial charge is 0.416 e. The highest BCUT2D eigenvalue weighted by molar-refractivity contribution is 7.89. The number of nitrogens with one attached hydrogen (secondary N) is 1. The first-order valence-corrected chi connectivity index (χ1v) is 12.1. The second-order valence-corrected chi connectivity index (χ2v) is 10.1. The molecule has 0 radical (unpaired) electrons. The Morgan fingerprint density at radius 3 is 2.59 bits per heavy atom. The van der Waals surface area contributed by atoms with Crippen LogP contribution in [-0.2, 0) is 22.7 Å². The van der Waals surface area contributed by atoms with E-state index in [0.29, 0.717) is 19.5 Å². The predicted molar refractivity (Wildman–Crippen MR) is 120 cm³/mol. The molecule has 0 unspecified atom stereocenters. The first-order valence-electron chi connectivity index (χ1n) is 10.7. The molecule has 1 saturated heterocycles. The third-order valence-electron chi connectivity index (χ3n) is 5.94. The Balaban J connectivity index is 1.84. The van der Waals surface area contributed by atoms with Crippen LogP contribution in [-0.4, -0.2) is 43.0 Å². The van der Waals surface area contributed by atoms with Gasteiger partial charge in [-0.15, -0.1) is 0 Å². The highest BCUT2D eigenvalue weighted by Gasteiger charge is 2.34. The van der Waals surface area contributed by atoms with E-state index in [4.69, 9.17) is 0 Å². The third-order valence-corrected chi connectivity index (χ3v) is 7.99. The molecule has 4 rings (SSSR count). The molecule has 1 atom stereocenters. The maximum Gasteiger partial charge on any atom is 0.416 e. The van der Waals surface area contributed by atoms with Crippen molar-refractivity contribution in [2.45, 2.75) is 37.0 Å². The number of rotatable bonds is 4. The number of aromatic nitrogens is 1. The summed E-state index contributed by atoms with van der Waals surface area (Å²) < 4.78 is 84.5. The van der Waals surface area contributed by atoms with Crippen molar-refractivity contribution in [3.63, 3.8) is 0 Å². The van der Waals surface area contributed by atoms with E-state index in [-0.39, 0.29) is 33.8 Å². The normalized spacial score (nSPS) is 18.2. The van der Waals surface area contributed by atoms with Crippen molar-refractivity contribution in [2.75, 3.05) is 19.6 Å². The summed E-state index contributed by atoms with van der Waals surface area (Å²) in [7, 11) is -4.14. The average Bonchev–Trinajstić information content (AvgIpc) is 3.01. The van der Waals surface area contributed by atoms with Gasteiger partial charge in [0, 0.05) is 30.7 Å². The van der Waals surface area contributed by atoms with Gasteiger partial charge in [-0.2, -0.15) is 17.5 Å². The van der Waals surface area contributed by atoms with E-state index in [1.165, 1.54) is 40.7 Å². The zero-order valence-electron chi connectivity index (χ0n) is 18.3. The van der Waals surface area contributed by atoms with Crippen molar-refractivity contribution in [1.29, 1.82) is 0 Å². The van der Waals surface area contributed by atoms with E-state index < -0.39 is 39.7 Å². The Labute approximate surface area is 193 Å². The molecule has 6 nitrogen and oxygen atoms in total. The van der Waals surface area contributed by atoms with Gasteiger partial charge in [0.1, 0.15) is 5.82 Å². The van der Waals surface area contributed by atoms with Crippen molar-refractivity contribution in [2.24, 2.45) is 0 Å². The van der Waals surface area contributed by atoms with Gasteiger partial charge < -0.3 is 9.88 Å². The smallest absolute Gasteiger partial charge is 0.315 e. The molecule has 11 heteroatoms. The molecule has 1 N–H and O–H groups in total. The van der Waals surface area contributed by atoms with Crippen LogP contribution in [0.25, 0.3) is 10.8 Å². The van der Waals surface area contributed by atoms with Crippen LogP contribution in [0.1, 0.15) is 24.5 Å². The zero-order chi connectivity index (χ0) is 24.7. The fraction of sp³-hybridized carbons (Fsp3) is 0.348. The summed E-state index contributed by atoms with van der Waals surface area (Å²) in [6.07, 6.45) is -3.30. The van der Waals surface area contributed by atoms with Crippen LogP contribution in [0.15, 0.2) is 58.4 Å². The summed E-state index contributed by atoms with van der Waals surface area (Å²) in [6.45, 7) is 2.53. The van der Waals surface area contributed by atoms with E-state index in [9.17, 15) is 26.4 Å². The van der Waals surface area contributed by atoms with Gasteiger partial charge in [-0.05, 0) is 43.7 Å². The SMILES string of the molecule is C[C@@H]1CNCCCN1S(=O)(=O)c1cccc2c(=O)n(Cc3ccccc3C(F)(F)F)cc(F)c12. The highest BCUT2D eigenvalue weighted by Crippen LogP contribution is 2.33. The fourth-order valence-corrected chi connectivity index (χ4v) is 6.18. The molecule has 1 aliphatic heterocycles. The molecule has 3 aromatic rings. The van der Waals surface area contributed by atoms with Gasteiger partial charge in [-0.3, -0.25) is 4.79 Å². The lowest BCUT2D eigenvalue weighted by atomic mass is 10.1. The topological polar surface area (TPSA) is 71.4 Å². The van der Waals surface area contributed by atoms with E-state index in [1.54, 1.807) is 6.92 Å². The number of nitrogens with zero attached hydrogens (tertiary/aromatic N) is 2. The molecule has 1 aromatic heterocycles. The lowest BCUT2D eigenvalue weighted by Crippen LogP contribution is -2.41. The number of hydrogen-bond acceptors (Lipinski definition) is 4. The quantitative estimate of drug-likeness (QED) is 0.560. The van der Waals surface area contributed by atoms with Crippen LogP contribution in [0.5, 0.6) is 0 Å². The third kappa shape index (κ3) is 4.47. The molecule has 0 aliphatic carbocycles. The number of fused-ring (bicyclic) bond motifs is 1. The summed E-state index contributed by atoms with van der Waals surface area (Å²) >= 11 is 0. The molecular weight excluding hydrogens is 474 g/mol. The van der Waals surface area contributed by atoms with Crippen LogP contribution in [0, 0.1) is 5.82 Å². The van der Waals surface area contributed by atoms with Gasteiger partial charge >= 0.3 is 6.18 Å². The number of alkyl halides is 3. The molecule has 0 spiro atoms. The molecule has 34 heavy (non-hydrogen) atoms. The maximum atomic E-state index is 15.3. The Hall–Kier alpha value is -2.76. The van der Waals surface area contributed by atoms with E-state index in [1.807, 2.05) is 0 Å². The van der Waals surface area contributed by atoms with Crippen LogP contribution in [0.2, 0.25) is 0 Å². The molecule has 1 aliphatic rings. The van der Waals surface area contributed by atoms with Crippen molar-refractivity contribution >= 4 is 20.8 Å². The van der Waals surface area contributed by atoms with E-state index in [2.05, 4.69) is 5.32 Å². The van der Waals surface area contributed by atoms with Crippen molar-refractivity contribution in [3.05, 3.63) is 76.0 Å². The predicted octanol–water partition coefficient (Wildman–Crippen LogP) is 3.58. The minimum absolute atomic E-state index is 0.203.